The van der Waals surface area contributed by atoms with Crippen LogP contribution in [0.25, 0.3) is 10.9 Å². The fraction of sp³-hybridized carbons (Fsp3) is 0.450. The fourth-order valence-electron chi connectivity index (χ4n) is 4.65. The van der Waals surface area contributed by atoms with Gasteiger partial charge in [0.05, 0.1) is 28.0 Å². The van der Waals surface area contributed by atoms with Crippen molar-refractivity contribution in [1.82, 2.24) is 14.5 Å². The van der Waals surface area contributed by atoms with Gasteiger partial charge in [0.15, 0.2) is 5.82 Å². The first-order valence-corrected chi connectivity index (χ1v) is 10.1. The molecular formula is C20H23FN6O3. The third-order valence-corrected chi connectivity index (χ3v) is 6.15. The van der Waals surface area contributed by atoms with Crippen LogP contribution >= 0.6 is 0 Å². The highest BCUT2D eigenvalue weighted by molar-refractivity contribution is 5.97. The lowest BCUT2D eigenvalue weighted by atomic mass is 10.0. The molecule has 1 aliphatic heterocycles. The van der Waals surface area contributed by atoms with Crippen molar-refractivity contribution in [2.75, 3.05) is 29.5 Å². The summed E-state index contributed by atoms with van der Waals surface area (Å²) >= 11 is 0. The number of benzene rings is 1. The van der Waals surface area contributed by atoms with Crippen molar-refractivity contribution < 1.29 is 8.81 Å². The van der Waals surface area contributed by atoms with Gasteiger partial charge in [-0.1, -0.05) is 0 Å². The first kappa shape index (κ1) is 18.7. The van der Waals surface area contributed by atoms with Gasteiger partial charge < -0.3 is 20.8 Å². The fourth-order valence-corrected chi connectivity index (χ4v) is 4.65. The Hall–Kier alpha value is -3.30. The third kappa shape index (κ3) is 2.86. The zero-order chi connectivity index (χ0) is 21.2. The van der Waals surface area contributed by atoms with Gasteiger partial charge >= 0.3 is 5.69 Å². The smallest absolute Gasteiger partial charge is 0.329 e. The number of fused-ring (bicyclic) bond motifs is 1. The molecule has 1 saturated heterocycles. The third-order valence-electron chi connectivity index (χ3n) is 6.15. The van der Waals surface area contributed by atoms with Crippen LogP contribution in [0.2, 0.25) is 0 Å². The van der Waals surface area contributed by atoms with Crippen molar-refractivity contribution in [2.24, 2.45) is 5.92 Å². The first-order chi connectivity index (χ1) is 14.3. The van der Waals surface area contributed by atoms with E-state index < -0.39 is 17.1 Å². The van der Waals surface area contributed by atoms with Gasteiger partial charge in [-0.25, -0.2) is 9.18 Å². The van der Waals surface area contributed by atoms with E-state index in [9.17, 15) is 9.59 Å². The summed E-state index contributed by atoms with van der Waals surface area (Å²) in [6.45, 7) is 2.99. The standard InChI is InChI=1S/C20H23FN6O3/c1-9-16-13(18(28)25-20(29)27(16)12-2-3-12)15(22)14(21)17(9)26-5-4-10(7-26)6-11-8-30-19(23)24-11/h8,10,12H,2-7,22H2,1H3,(H2,23,24)(H,25,28,29). The van der Waals surface area contributed by atoms with Crippen molar-refractivity contribution in [3.63, 3.8) is 0 Å². The number of nitrogens with two attached hydrogens (primary N) is 2. The Morgan fingerprint density at radius 1 is 1.30 bits per heavy atom. The number of rotatable bonds is 4. The van der Waals surface area contributed by atoms with E-state index in [0.29, 0.717) is 36.3 Å². The average Bonchev–Trinajstić information content (AvgIpc) is 3.29. The van der Waals surface area contributed by atoms with Crippen LogP contribution in [-0.2, 0) is 6.42 Å². The second-order valence-corrected chi connectivity index (χ2v) is 8.27. The van der Waals surface area contributed by atoms with Gasteiger partial charge in [-0.15, -0.1) is 0 Å². The second-order valence-electron chi connectivity index (χ2n) is 8.27. The van der Waals surface area contributed by atoms with E-state index in [4.69, 9.17) is 15.9 Å². The number of H-pyrrole nitrogens is 1. The number of hydrogen-bond donors (Lipinski definition) is 3. The van der Waals surface area contributed by atoms with Crippen LogP contribution in [-0.4, -0.2) is 27.6 Å². The normalized spacial score (nSPS) is 19.1. The molecule has 2 aromatic heterocycles. The summed E-state index contributed by atoms with van der Waals surface area (Å²) in [5, 5.41) is 0.0501. The number of anilines is 3. The molecule has 0 bridgehead atoms. The number of aryl methyl sites for hydroxylation is 1. The van der Waals surface area contributed by atoms with Crippen LogP contribution in [0.1, 0.15) is 36.6 Å². The number of aromatic amines is 1. The summed E-state index contributed by atoms with van der Waals surface area (Å²) in [7, 11) is 0. The summed E-state index contributed by atoms with van der Waals surface area (Å²) < 4.78 is 22.0. The highest BCUT2D eigenvalue weighted by Crippen LogP contribution is 2.41. The van der Waals surface area contributed by atoms with E-state index in [2.05, 4.69) is 9.97 Å². The van der Waals surface area contributed by atoms with Gasteiger partial charge in [0.2, 0.25) is 0 Å². The highest BCUT2D eigenvalue weighted by Gasteiger charge is 2.33. The SMILES string of the molecule is Cc1c(N2CCC(Cc3coc(N)n3)C2)c(F)c(N)c2c(=O)[nH]c(=O)n(C3CC3)c12. The summed E-state index contributed by atoms with van der Waals surface area (Å²) in [5.41, 5.74) is 12.4. The number of nitrogens with zero attached hydrogens (tertiary/aromatic N) is 3. The van der Waals surface area contributed by atoms with Gasteiger partial charge in [-0.2, -0.15) is 4.98 Å². The van der Waals surface area contributed by atoms with Gasteiger partial charge in [-0.3, -0.25) is 14.3 Å². The predicted octanol–water partition coefficient (Wildman–Crippen LogP) is 1.69. The van der Waals surface area contributed by atoms with Gasteiger partial charge in [0.1, 0.15) is 6.26 Å². The van der Waals surface area contributed by atoms with Crippen molar-refractivity contribution in [3.05, 3.63) is 44.2 Å². The molecule has 0 amide bonds. The minimum Gasteiger partial charge on any atom is -0.432 e. The lowest BCUT2D eigenvalue weighted by Crippen LogP contribution is -2.32. The van der Waals surface area contributed by atoms with Crippen LogP contribution in [0, 0.1) is 18.7 Å². The zero-order valence-electron chi connectivity index (χ0n) is 16.6. The van der Waals surface area contributed by atoms with E-state index in [1.807, 2.05) is 4.90 Å². The largest absolute Gasteiger partial charge is 0.432 e. The maximum absolute atomic E-state index is 15.4. The van der Waals surface area contributed by atoms with E-state index in [1.165, 1.54) is 0 Å². The molecule has 2 fully saturated rings. The molecule has 30 heavy (non-hydrogen) atoms. The molecule has 9 nitrogen and oxygen atoms in total. The minimum atomic E-state index is -0.652. The Labute approximate surface area is 170 Å². The average molecular weight is 414 g/mol. The topological polar surface area (TPSA) is 136 Å². The Kier molecular flexibility index (Phi) is 4.12. The monoisotopic (exact) mass is 414 g/mol. The minimum absolute atomic E-state index is 0.0113. The highest BCUT2D eigenvalue weighted by atomic mass is 19.1. The molecule has 158 valence electrons. The van der Waals surface area contributed by atoms with Gasteiger partial charge in [0.25, 0.3) is 11.6 Å². The first-order valence-electron chi connectivity index (χ1n) is 10.1. The van der Waals surface area contributed by atoms with Crippen LogP contribution in [0.15, 0.2) is 20.3 Å². The Balaban J connectivity index is 1.59. The lowest BCUT2D eigenvalue weighted by Gasteiger charge is -2.25. The van der Waals surface area contributed by atoms with Crippen LogP contribution < -0.4 is 27.6 Å². The Morgan fingerprint density at radius 3 is 2.73 bits per heavy atom. The lowest BCUT2D eigenvalue weighted by molar-refractivity contribution is 0.558. The maximum Gasteiger partial charge on any atom is 0.329 e. The number of nitrogen functional groups attached to an aromatic ring is 2. The van der Waals surface area contributed by atoms with Crippen LogP contribution in [0.4, 0.5) is 21.8 Å². The molecular weight excluding hydrogens is 391 g/mol. The number of hydrogen-bond acceptors (Lipinski definition) is 7. The number of aromatic nitrogens is 3. The molecule has 5 rings (SSSR count). The van der Waals surface area contributed by atoms with E-state index in [1.54, 1.807) is 17.8 Å². The van der Waals surface area contributed by atoms with Crippen molar-refractivity contribution >= 4 is 28.3 Å². The molecule has 3 aromatic rings. The number of halogens is 1. The van der Waals surface area contributed by atoms with Crippen molar-refractivity contribution in [2.45, 2.75) is 38.6 Å². The molecule has 1 atom stereocenters. The molecule has 5 N–H and O–H groups in total. The van der Waals surface area contributed by atoms with E-state index in [0.717, 1.165) is 25.0 Å². The quantitative estimate of drug-likeness (QED) is 0.553. The van der Waals surface area contributed by atoms with E-state index in [-0.39, 0.29) is 29.0 Å². The summed E-state index contributed by atoms with van der Waals surface area (Å²) in [4.78, 5) is 33.3. The molecule has 0 spiro atoms. The Bertz CT molecular complexity index is 1270. The molecule has 1 saturated carbocycles. The predicted molar refractivity (Wildman–Crippen MR) is 111 cm³/mol. The molecule has 3 heterocycles. The molecule has 2 aliphatic rings. The van der Waals surface area contributed by atoms with Gasteiger partial charge in [0, 0.05) is 24.7 Å². The zero-order valence-corrected chi connectivity index (χ0v) is 16.6. The second kappa shape index (κ2) is 6.61. The molecule has 10 heteroatoms. The van der Waals surface area contributed by atoms with Crippen molar-refractivity contribution in [3.8, 4) is 0 Å². The summed E-state index contributed by atoms with van der Waals surface area (Å²) in [6, 6.07) is 0.143. The van der Waals surface area contributed by atoms with Crippen LogP contribution in [0.3, 0.4) is 0 Å². The molecule has 0 radical (unpaired) electrons. The van der Waals surface area contributed by atoms with Crippen LogP contribution in [0.5, 0.6) is 0 Å². The molecule has 1 unspecified atom stereocenters. The summed E-state index contributed by atoms with van der Waals surface area (Å²) in [5.74, 6) is -0.368. The number of oxazole rings is 1. The molecule has 1 aromatic carbocycles. The van der Waals surface area contributed by atoms with Gasteiger partial charge in [-0.05, 0) is 38.5 Å². The Morgan fingerprint density at radius 2 is 2.07 bits per heavy atom. The molecule has 1 aliphatic carbocycles. The maximum atomic E-state index is 15.4. The van der Waals surface area contributed by atoms with E-state index >= 15 is 4.39 Å². The number of nitrogens with one attached hydrogen (secondary N) is 1. The van der Waals surface area contributed by atoms with Crippen molar-refractivity contribution in [1.29, 1.82) is 0 Å². The summed E-state index contributed by atoms with van der Waals surface area (Å²) in [6.07, 6.45) is 4.75.